The van der Waals surface area contributed by atoms with E-state index in [0.717, 1.165) is 9.13 Å². The Balaban J connectivity index is 1.80. The summed E-state index contributed by atoms with van der Waals surface area (Å²) in [7, 11) is 1.52. The lowest BCUT2D eigenvalue weighted by atomic mass is 10.1. The molecule has 0 heterocycles. The molecule has 0 aliphatic rings. The topological polar surface area (TPSA) is 80.6 Å². The number of carbonyl (C=O) groups is 1. The highest BCUT2D eigenvalue weighted by molar-refractivity contribution is 14.1. The Kier molecular flexibility index (Phi) is 9.88. The largest absolute Gasteiger partial charge is 0.493 e. The maximum absolute atomic E-state index is 12.8. The van der Waals surface area contributed by atoms with E-state index < -0.39 is 5.91 Å². The first-order valence-electron chi connectivity index (χ1n) is 10.8. The van der Waals surface area contributed by atoms with Gasteiger partial charge < -0.3 is 19.5 Å². The minimum Gasteiger partial charge on any atom is -0.493 e. The number of halogens is 3. The van der Waals surface area contributed by atoms with E-state index in [0.29, 0.717) is 38.5 Å². The Hall–Kier alpha value is -2.93. The Labute approximate surface area is 233 Å². The number of nitriles is 1. The first-order valence-corrected chi connectivity index (χ1v) is 12.7. The molecule has 1 amide bonds. The van der Waals surface area contributed by atoms with Crippen LogP contribution in [0.5, 0.6) is 17.2 Å². The molecule has 0 unspecified atom stereocenters. The van der Waals surface area contributed by atoms with Crippen LogP contribution in [-0.4, -0.2) is 19.1 Å². The van der Waals surface area contributed by atoms with Crippen molar-refractivity contribution in [1.82, 2.24) is 0 Å². The van der Waals surface area contributed by atoms with Crippen molar-refractivity contribution < 1.29 is 19.0 Å². The number of amides is 1. The first-order chi connectivity index (χ1) is 17.2. The number of nitrogens with zero attached hydrogens (tertiary/aromatic N) is 1. The van der Waals surface area contributed by atoms with Gasteiger partial charge in [-0.25, -0.2) is 0 Å². The normalized spacial score (nSPS) is 11.1. The molecule has 3 aromatic carbocycles. The van der Waals surface area contributed by atoms with Gasteiger partial charge in [0.2, 0.25) is 0 Å². The molecule has 0 saturated heterocycles. The van der Waals surface area contributed by atoms with Gasteiger partial charge in [-0.1, -0.05) is 35.3 Å². The summed E-state index contributed by atoms with van der Waals surface area (Å²) in [5.74, 6) is 1.06. The van der Waals surface area contributed by atoms with E-state index in [9.17, 15) is 10.1 Å². The Bertz CT molecular complexity index is 1340. The molecule has 3 aromatic rings. The third kappa shape index (κ3) is 7.53. The number of anilines is 1. The molecule has 9 heteroatoms. The highest BCUT2D eigenvalue weighted by atomic mass is 127. The van der Waals surface area contributed by atoms with Crippen molar-refractivity contribution in [3.05, 3.63) is 84.9 Å². The lowest BCUT2D eigenvalue weighted by Crippen LogP contribution is -2.14. The molecule has 0 fully saturated rings. The van der Waals surface area contributed by atoms with Crippen LogP contribution < -0.4 is 19.5 Å². The van der Waals surface area contributed by atoms with Gasteiger partial charge in [-0.2, -0.15) is 5.26 Å². The zero-order valence-electron chi connectivity index (χ0n) is 19.8. The number of ether oxygens (including phenoxy) is 3. The summed E-state index contributed by atoms with van der Waals surface area (Å²) in [6.45, 7) is 4.05. The molecule has 1 N–H and O–H groups in total. The van der Waals surface area contributed by atoms with Crippen LogP contribution >= 0.6 is 45.8 Å². The van der Waals surface area contributed by atoms with Gasteiger partial charge in [-0.3, -0.25) is 4.79 Å². The second-order valence-electron chi connectivity index (χ2n) is 7.88. The number of hydrogen-bond donors (Lipinski definition) is 1. The summed E-state index contributed by atoms with van der Waals surface area (Å²) < 4.78 is 17.9. The van der Waals surface area contributed by atoms with Crippen molar-refractivity contribution in [2.75, 3.05) is 12.4 Å². The smallest absolute Gasteiger partial charge is 0.266 e. The van der Waals surface area contributed by atoms with Crippen LogP contribution in [0.4, 0.5) is 5.69 Å². The van der Waals surface area contributed by atoms with Crippen LogP contribution in [0, 0.1) is 14.9 Å². The lowest BCUT2D eigenvalue weighted by molar-refractivity contribution is -0.112. The molecule has 0 aliphatic carbocycles. The number of carbonyl (C=O) groups excluding carboxylic acids is 1. The van der Waals surface area contributed by atoms with Crippen molar-refractivity contribution in [2.45, 2.75) is 26.6 Å². The molecule has 0 bridgehead atoms. The maximum Gasteiger partial charge on any atom is 0.266 e. The molecule has 0 radical (unpaired) electrons. The maximum atomic E-state index is 12.8. The Morgan fingerprint density at radius 1 is 1.17 bits per heavy atom. The molecule has 3 rings (SSSR count). The second kappa shape index (κ2) is 12.9. The van der Waals surface area contributed by atoms with Crippen molar-refractivity contribution >= 4 is 63.5 Å². The van der Waals surface area contributed by atoms with E-state index >= 15 is 0 Å². The van der Waals surface area contributed by atoms with Crippen LogP contribution in [0.15, 0.2) is 60.2 Å². The van der Waals surface area contributed by atoms with E-state index in [2.05, 4.69) is 27.9 Å². The van der Waals surface area contributed by atoms with E-state index in [1.165, 1.54) is 13.2 Å². The van der Waals surface area contributed by atoms with Gasteiger partial charge in [0.15, 0.2) is 11.5 Å². The standard InChI is InChI=1S/C27H23Cl2IN2O4/c1-16(2)36-22-6-4-5-21(13-22)32-27(33)19(14-31)9-17-10-24(30)26(25(11-17)34-3)35-15-18-7-8-20(28)12-23(18)29/h4-13,16H,15H2,1-3H3,(H,32,33)/b19-9-. The van der Waals surface area contributed by atoms with E-state index in [-0.39, 0.29) is 18.3 Å². The Morgan fingerprint density at radius 2 is 1.94 bits per heavy atom. The Morgan fingerprint density at radius 3 is 2.61 bits per heavy atom. The second-order valence-corrected chi connectivity index (χ2v) is 9.88. The average molecular weight is 637 g/mol. The summed E-state index contributed by atoms with van der Waals surface area (Å²) in [5.41, 5.74) is 1.84. The quantitative estimate of drug-likeness (QED) is 0.149. The van der Waals surface area contributed by atoms with Gasteiger partial charge in [0.25, 0.3) is 5.91 Å². The third-order valence-corrected chi connectivity index (χ3v) is 6.17. The number of benzene rings is 3. The molecular formula is C27H23Cl2IN2O4. The molecule has 36 heavy (non-hydrogen) atoms. The van der Waals surface area contributed by atoms with E-state index in [4.69, 9.17) is 37.4 Å². The van der Waals surface area contributed by atoms with Gasteiger partial charge in [0.1, 0.15) is 24.0 Å². The molecule has 0 saturated carbocycles. The fourth-order valence-electron chi connectivity index (χ4n) is 3.18. The van der Waals surface area contributed by atoms with Gasteiger partial charge in [-0.15, -0.1) is 0 Å². The summed E-state index contributed by atoms with van der Waals surface area (Å²) in [4.78, 5) is 12.8. The first kappa shape index (κ1) is 27.7. The van der Waals surface area contributed by atoms with Crippen LogP contribution in [-0.2, 0) is 11.4 Å². The molecule has 0 spiro atoms. The molecule has 6 nitrogen and oxygen atoms in total. The minimum atomic E-state index is -0.536. The molecule has 0 atom stereocenters. The van der Waals surface area contributed by atoms with Gasteiger partial charge in [0, 0.05) is 27.4 Å². The number of nitrogens with one attached hydrogen (secondary N) is 1. The van der Waals surface area contributed by atoms with Crippen molar-refractivity contribution in [3.8, 4) is 23.3 Å². The average Bonchev–Trinajstić information content (AvgIpc) is 2.82. The van der Waals surface area contributed by atoms with Crippen LogP contribution in [0.3, 0.4) is 0 Å². The SMILES string of the molecule is COc1cc(/C=C(/C#N)C(=O)Nc2cccc(OC(C)C)c2)cc(I)c1OCc1ccc(Cl)cc1Cl. The molecular weight excluding hydrogens is 614 g/mol. The van der Waals surface area contributed by atoms with Crippen molar-refractivity contribution in [1.29, 1.82) is 5.26 Å². The fraction of sp³-hybridized carbons (Fsp3) is 0.185. The zero-order chi connectivity index (χ0) is 26.2. The summed E-state index contributed by atoms with van der Waals surface area (Å²) in [6, 6.07) is 17.6. The molecule has 0 aromatic heterocycles. The van der Waals surface area contributed by atoms with E-state index in [1.54, 1.807) is 54.6 Å². The third-order valence-electron chi connectivity index (χ3n) is 4.78. The molecule has 186 valence electrons. The predicted molar refractivity (Wildman–Crippen MR) is 151 cm³/mol. The summed E-state index contributed by atoms with van der Waals surface area (Å²) in [6.07, 6.45) is 1.49. The number of rotatable bonds is 9. The van der Waals surface area contributed by atoms with Crippen molar-refractivity contribution in [2.24, 2.45) is 0 Å². The zero-order valence-corrected chi connectivity index (χ0v) is 23.4. The van der Waals surface area contributed by atoms with Crippen LogP contribution in [0.2, 0.25) is 10.0 Å². The number of methoxy groups -OCH3 is 1. The van der Waals surface area contributed by atoms with Crippen LogP contribution in [0.25, 0.3) is 6.08 Å². The monoisotopic (exact) mass is 636 g/mol. The van der Waals surface area contributed by atoms with Gasteiger partial charge in [0.05, 0.1) is 16.8 Å². The van der Waals surface area contributed by atoms with E-state index in [1.807, 2.05) is 19.9 Å². The van der Waals surface area contributed by atoms with Gasteiger partial charge in [-0.05, 0) is 84.5 Å². The summed E-state index contributed by atoms with van der Waals surface area (Å²) >= 11 is 14.3. The highest BCUT2D eigenvalue weighted by Gasteiger charge is 2.15. The lowest BCUT2D eigenvalue weighted by Gasteiger charge is -2.14. The van der Waals surface area contributed by atoms with Crippen molar-refractivity contribution in [3.63, 3.8) is 0 Å². The molecule has 0 aliphatic heterocycles. The highest BCUT2D eigenvalue weighted by Crippen LogP contribution is 2.36. The predicted octanol–water partition coefficient (Wildman–Crippen LogP) is 7.52. The fourth-order valence-corrected chi connectivity index (χ4v) is 4.43. The number of hydrogen-bond acceptors (Lipinski definition) is 5. The minimum absolute atomic E-state index is 0.00176. The van der Waals surface area contributed by atoms with Crippen LogP contribution in [0.1, 0.15) is 25.0 Å². The van der Waals surface area contributed by atoms with Gasteiger partial charge >= 0.3 is 0 Å². The summed E-state index contributed by atoms with van der Waals surface area (Å²) in [5, 5.41) is 13.4.